The number of phosphoric acid groups is 3. The van der Waals surface area contributed by atoms with Crippen LogP contribution in [0.1, 0.15) is 71.1 Å². The standard InChI is InChI=1S/C12H27O11P3/c1-2-3-4-5-6-7-8-9-10-11-12(13)21-25(17,18)23-26(19,20)22-24(14,15)16/h2-11H2,1H3,(H,17,18)(H,19,20)(H2,14,15,16). The molecular formula is C12H27O11P3. The van der Waals surface area contributed by atoms with Crippen molar-refractivity contribution in [1.82, 2.24) is 0 Å². The second-order valence-corrected chi connectivity index (χ2v) is 9.98. The van der Waals surface area contributed by atoms with Gasteiger partial charge in [0.1, 0.15) is 0 Å². The van der Waals surface area contributed by atoms with E-state index in [0.717, 1.165) is 19.3 Å². The van der Waals surface area contributed by atoms with Gasteiger partial charge in [-0.2, -0.15) is 8.62 Å². The zero-order valence-corrected chi connectivity index (χ0v) is 17.2. The zero-order chi connectivity index (χ0) is 20.3. The van der Waals surface area contributed by atoms with Crippen molar-refractivity contribution in [2.45, 2.75) is 71.1 Å². The van der Waals surface area contributed by atoms with Crippen LogP contribution in [0.5, 0.6) is 0 Å². The molecule has 0 aromatic heterocycles. The highest BCUT2D eigenvalue weighted by atomic mass is 31.3. The van der Waals surface area contributed by atoms with Crippen LogP contribution >= 0.6 is 23.5 Å². The van der Waals surface area contributed by atoms with Crippen LogP contribution in [0.25, 0.3) is 0 Å². The molecule has 0 aromatic rings. The molecule has 0 heterocycles. The number of carbonyl (C=O) groups excluding carboxylic acids is 1. The summed E-state index contributed by atoms with van der Waals surface area (Å²) >= 11 is 0. The van der Waals surface area contributed by atoms with E-state index in [1.165, 1.54) is 25.7 Å². The van der Waals surface area contributed by atoms with Gasteiger partial charge in [-0.3, -0.25) is 9.69 Å². The lowest BCUT2D eigenvalue weighted by molar-refractivity contribution is -0.135. The van der Waals surface area contributed by atoms with Gasteiger partial charge in [0.25, 0.3) is 0 Å². The van der Waals surface area contributed by atoms with Crippen LogP contribution in [0.2, 0.25) is 0 Å². The highest BCUT2D eigenvalue weighted by Crippen LogP contribution is 2.66. The third-order valence-electron chi connectivity index (χ3n) is 3.12. The summed E-state index contributed by atoms with van der Waals surface area (Å²) in [6, 6.07) is 0. The fourth-order valence-corrected chi connectivity index (χ4v) is 5.04. The smallest absolute Gasteiger partial charge is 0.370 e. The minimum absolute atomic E-state index is 0.209. The molecule has 0 spiro atoms. The van der Waals surface area contributed by atoms with Crippen molar-refractivity contribution in [2.24, 2.45) is 0 Å². The van der Waals surface area contributed by atoms with E-state index in [9.17, 15) is 23.4 Å². The monoisotopic (exact) mass is 440 g/mol. The summed E-state index contributed by atoms with van der Waals surface area (Å²) in [7, 11) is -16.4. The summed E-state index contributed by atoms with van der Waals surface area (Å²) in [6.07, 6.45) is 8.68. The molecule has 4 N–H and O–H groups in total. The van der Waals surface area contributed by atoms with Crippen molar-refractivity contribution in [3.05, 3.63) is 0 Å². The molecular weight excluding hydrogens is 413 g/mol. The number of phosphoric ester groups is 1. The number of hydrogen-bond donors (Lipinski definition) is 4. The molecule has 2 unspecified atom stereocenters. The lowest BCUT2D eigenvalue weighted by Gasteiger charge is -2.15. The minimum Gasteiger partial charge on any atom is -0.370 e. The molecule has 0 aromatic carbocycles. The first-order valence-corrected chi connectivity index (χ1v) is 12.8. The van der Waals surface area contributed by atoms with E-state index in [4.69, 9.17) is 14.7 Å². The van der Waals surface area contributed by atoms with E-state index in [-0.39, 0.29) is 6.42 Å². The van der Waals surface area contributed by atoms with E-state index >= 15 is 0 Å². The summed E-state index contributed by atoms with van der Waals surface area (Å²) < 4.78 is 44.0. The molecule has 0 saturated heterocycles. The van der Waals surface area contributed by atoms with Crippen LogP contribution in [0.4, 0.5) is 0 Å². The van der Waals surface area contributed by atoms with Gasteiger partial charge >= 0.3 is 29.4 Å². The molecule has 11 nitrogen and oxygen atoms in total. The Hall–Kier alpha value is -0.0800. The van der Waals surface area contributed by atoms with Crippen LogP contribution in [-0.2, 0) is 31.6 Å². The zero-order valence-electron chi connectivity index (χ0n) is 14.6. The van der Waals surface area contributed by atoms with Crippen molar-refractivity contribution in [3.63, 3.8) is 0 Å². The first-order valence-electron chi connectivity index (χ1n) is 8.23. The highest BCUT2D eigenvalue weighted by molar-refractivity contribution is 7.66. The average Bonchev–Trinajstić information content (AvgIpc) is 2.40. The topological polar surface area (TPSA) is 177 Å². The van der Waals surface area contributed by atoms with Crippen molar-refractivity contribution in [1.29, 1.82) is 0 Å². The molecule has 14 heteroatoms. The second kappa shape index (κ2) is 12.4. The largest absolute Gasteiger partial charge is 0.538 e. The Bertz CT molecular complexity index is 559. The summed E-state index contributed by atoms with van der Waals surface area (Å²) in [5.74, 6) is -1.14. The summed E-state index contributed by atoms with van der Waals surface area (Å²) in [5.41, 5.74) is 0. The van der Waals surface area contributed by atoms with Crippen molar-refractivity contribution in [3.8, 4) is 0 Å². The van der Waals surface area contributed by atoms with Gasteiger partial charge in [0.2, 0.25) is 0 Å². The Kier molecular flexibility index (Phi) is 12.4. The fraction of sp³-hybridized carbons (Fsp3) is 0.917. The molecule has 0 amide bonds. The third kappa shape index (κ3) is 16.1. The molecule has 0 radical (unpaired) electrons. The fourth-order valence-electron chi connectivity index (χ4n) is 2.05. The van der Waals surface area contributed by atoms with Crippen LogP contribution in [0.15, 0.2) is 0 Å². The maximum atomic E-state index is 11.4. The van der Waals surface area contributed by atoms with Gasteiger partial charge in [0.05, 0.1) is 0 Å². The van der Waals surface area contributed by atoms with E-state index in [1.54, 1.807) is 0 Å². The SMILES string of the molecule is CCCCCCCCCCCC(=O)OP(=O)(O)OP(=O)(O)OP(=O)(O)O. The number of hydrogen-bond acceptors (Lipinski definition) is 7. The minimum atomic E-state index is -5.60. The maximum absolute atomic E-state index is 11.4. The molecule has 0 rings (SSSR count). The maximum Gasteiger partial charge on any atom is 0.538 e. The van der Waals surface area contributed by atoms with Crippen LogP contribution < -0.4 is 0 Å². The molecule has 26 heavy (non-hydrogen) atoms. The lowest BCUT2D eigenvalue weighted by Crippen LogP contribution is -2.04. The van der Waals surface area contributed by atoms with Crippen LogP contribution in [-0.4, -0.2) is 25.5 Å². The Balaban J connectivity index is 4.02. The second-order valence-electron chi connectivity index (χ2n) is 5.63. The van der Waals surface area contributed by atoms with E-state index in [2.05, 4.69) is 20.1 Å². The Morgan fingerprint density at radius 3 is 1.65 bits per heavy atom. The third-order valence-corrected chi connectivity index (χ3v) is 6.88. The van der Waals surface area contributed by atoms with Gasteiger partial charge in [0, 0.05) is 6.42 Å². The predicted octanol–water partition coefficient (Wildman–Crippen LogP) is 3.78. The molecule has 156 valence electrons. The van der Waals surface area contributed by atoms with Crippen LogP contribution in [0, 0.1) is 0 Å². The van der Waals surface area contributed by atoms with Gasteiger partial charge < -0.3 is 19.2 Å². The average molecular weight is 440 g/mol. The number of rotatable bonds is 15. The van der Waals surface area contributed by atoms with Gasteiger partial charge in [-0.1, -0.05) is 58.3 Å². The summed E-state index contributed by atoms with van der Waals surface area (Å²) in [6.45, 7) is 2.14. The van der Waals surface area contributed by atoms with Crippen molar-refractivity contribution < 1.29 is 51.2 Å². The summed E-state index contributed by atoms with van der Waals surface area (Å²) in [5, 5.41) is 0. The number of carbonyl (C=O) groups is 1. The molecule has 0 bridgehead atoms. The normalized spacial score (nSPS) is 16.7. The van der Waals surface area contributed by atoms with Crippen molar-refractivity contribution >= 4 is 29.4 Å². The highest BCUT2D eigenvalue weighted by Gasteiger charge is 2.42. The first kappa shape index (κ1) is 25.9. The molecule has 0 aliphatic rings. The van der Waals surface area contributed by atoms with Gasteiger partial charge in [0.15, 0.2) is 0 Å². The first-order chi connectivity index (χ1) is 11.9. The Morgan fingerprint density at radius 1 is 0.731 bits per heavy atom. The quantitative estimate of drug-likeness (QED) is 0.215. The van der Waals surface area contributed by atoms with Gasteiger partial charge in [-0.25, -0.2) is 13.7 Å². The summed E-state index contributed by atoms with van der Waals surface area (Å²) in [4.78, 5) is 46.3. The lowest BCUT2D eigenvalue weighted by atomic mass is 10.1. The van der Waals surface area contributed by atoms with Gasteiger partial charge in [-0.05, 0) is 6.42 Å². The predicted molar refractivity (Wildman–Crippen MR) is 91.8 cm³/mol. The van der Waals surface area contributed by atoms with Crippen molar-refractivity contribution in [2.75, 3.05) is 0 Å². The van der Waals surface area contributed by atoms with Gasteiger partial charge in [-0.15, -0.1) is 0 Å². The van der Waals surface area contributed by atoms with E-state index in [0.29, 0.717) is 12.8 Å². The van der Waals surface area contributed by atoms with E-state index in [1.807, 2.05) is 0 Å². The van der Waals surface area contributed by atoms with Crippen LogP contribution in [0.3, 0.4) is 0 Å². The number of unbranched alkanes of at least 4 members (excludes halogenated alkanes) is 8. The Morgan fingerprint density at radius 2 is 1.19 bits per heavy atom. The molecule has 0 saturated carbocycles. The Labute approximate surface area is 152 Å². The molecule has 2 atom stereocenters. The molecule has 0 aliphatic heterocycles. The van der Waals surface area contributed by atoms with E-state index < -0.39 is 29.4 Å². The molecule has 0 aliphatic carbocycles. The molecule has 0 fully saturated rings.